The highest BCUT2D eigenvalue weighted by Crippen LogP contribution is 2.31. The standard InChI is InChI=1S/C24H24N4O2.H2/c1-4-5-16-6-8-19(9-7-16)25-24-26-23-15(2)10-17(13-22(23)27-28-24)18-11-20(29)14-21(12-18)30-3;/h6-14,29H,4-5H2,1-3H3,(H,25,26,28);1H. The van der Waals surface area contributed by atoms with Crippen LogP contribution < -0.4 is 10.1 Å². The van der Waals surface area contributed by atoms with Crippen molar-refractivity contribution in [2.24, 2.45) is 0 Å². The van der Waals surface area contributed by atoms with Gasteiger partial charge in [0.2, 0.25) is 5.95 Å². The van der Waals surface area contributed by atoms with Crippen LogP contribution in [0.25, 0.3) is 22.2 Å². The van der Waals surface area contributed by atoms with Crippen LogP contribution in [0.3, 0.4) is 0 Å². The van der Waals surface area contributed by atoms with Crippen molar-refractivity contribution in [3.05, 3.63) is 65.7 Å². The normalized spacial score (nSPS) is 10.9. The maximum Gasteiger partial charge on any atom is 0.247 e. The Morgan fingerprint density at radius 3 is 2.50 bits per heavy atom. The van der Waals surface area contributed by atoms with E-state index in [1.54, 1.807) is 19.2 Å². The van der Waals surface area contributed by atoms with E-state index in [1.807, 2.05) is 37.3 Å². The van der Waals surface area contributed by atoms with Gasteiger partial charge < -0.3 is 15.2 Å². The first-order chi connectivity index (χ1) is 14.6. The van der Waals surface area contributed by atoms with Gasteiger partial charge in [-0.2, -0.15) is 0 Å². The number of aryl methyl sites for hydroxylation is 2. The first kappa shape index (κ1) is 19.6. The summed E-state index contributed by atoms with van der Waals surface area (Å²) in [5, 5.41) is 21.8. The number of phenols is 1. The molecule has 0 fully saturated rings. The minimum absolute atomic E-state index is 0. The van der Waals surface area contributed by atoms with Gasteiger partial charge in [0.05, 0.1) is 12.6 Å². The zero-order valence-electron chi connectivity index (χ0n) is 17.3. The molecule has 4 aromatic rings. The van der Waals surface area contributed by atoms with E-state index in [0.717, 1.165) is 40.7 Å². The van der Waals surface area contributed by atoms with Crippen LogP contribution in [-0.4, -0.2) is 27.4 Å². The molecule has 1 heterocycles. The fourth-order valence-electron chi connectivity index (χ4n) is 3.47. The summed E-state index contributed by atoms with van der Waals surface area (Å²) in [5.41, 5.74) is 6.44. The number of phenolic OH excluding ortho intramolecular Hbond substituents is 1. The second-order valence-corrected chi connectivity index (χ2v) is 7.29. The third kappa shape index (κ3) is 4.17. The number of aromatic nitrogens is 3. The van der Waals surface area contributed by atoms with Gasteiger partial charge in [-0.3, -0.25) is 0 Å². The van der Waals surface area contributed by atoms with Crippen LogP contribution in [-0.2, 0) is 6.42 Å². The lowest BCUT2D eigenvalue weighted by Gasteiger charge is -2.10. The zero-order valence-corrected chi connectivity index (χ0v) is 17.3. The number of hydrogen-bond acceptors (Lipinski definition) is 6. The van der Waals surface area contributed by atoms with E-state index in [2.05, 4.69) is 39.6 Å². The molecule has 0 spiro atoms. The largest absolute Gasteiger partial charge is 0.508 e. The molecule has 6 nitrogen and oxygen atoms in total. The molecule has 2 N–H and O–H groups in total. The average Bonchev–Trinajstić information content (AvgIpc) is 2.75. The lowest BCUT2D eigenvalue weighted by Crippen LogP contribution is -2.01. The Hall–Kier alpha value is -3.67. The number of nitrogens with zero attached hydrogens (tertiary/aromatic N) is 3. The Bertz CT molecular complexity index is 1200. The Morgan fingerprint density at radius 1 is 1.00 bits per heavy atom. The van der Waals surface area contributed by atoms with Gasteiger partial charge >= 0.3 is 0 Å². The molecule has 0 aliphatic heterocycles. The molecule has 0 aliphatic carbocycles. The van der Waals surface area contributed by atoms with E-state index < -0.39 is 0 Å². The van der Waals surface area contributed by atoms with Crippen molar-refractivity contribution in [3.8, 4) is 22.6 Å². The number of hydrogen-bond donors (Lipinski definition) is 2. The van der Waals surface area contributed by atoms with Gasteiger partial charge in [0.15, 0.2) is 0 Å². The number of methoxy groups -OCH3 is 1. The summed E-state index contributed by atoms with van der Waals surface area (Å²) in [6.45, 7) is 4.16. The predicted molar refractivity (Wildman–Crippen MR) is 122 cm³/mol. The van der Waals surface area contributed by atoms with Gasteiger partial charge in [0.25, 0.3) is 0 Å². The predicted octanol–water partition coefficient (Wildman–Crippen LogP) is 5.66. The summed E-state index contributed by atoms with van der Waals surface area (Å²) in [6, 6.07) is 17.4. The first-order valence-electron chi connectivity index (χ1n) is 9.95. The molecule has 0 aliphatic rings. The maximum atomic E-state index is 9.96. The maximum absolute atomic E-state index is 9.96. The van der Waals surface area contributed by atoms with Crippen LogP contribution in [0.1, 0.15) is 25.9 Å². The molecule has 0 bridgehead atoms. The van der Waals surface area contributed by atoms with Gasteiger partial charge in [-0.1, -0.05) is 25.5 Å². The molecular weight excluding hydrogens is 376 g/mol. The summed E-state index contributed by atoms with van der Waals surface area (Å²) >= 11 is 0. The second-order valence-electron chi connectivity index (χ2n) is 7.29. The first-order valence-corrected chi connectivity index (χ1v) is 9.95. The molecule has 0 saturated carbocycles. The van der Waals surface area contributed by atoms with Gasteiger partial charge in [0.1, 0.15) is 17.0 Å². The molecule has 0 atom stereocenters. The minimum Gasteiger partial charge on any atom is -0.508 e. The molecule has 4 rings (SSSR count). The van der Waals surface area contributed by atoms with E-state index in [9.17, 15) is 5.11 Å². The molecule has 154 valence electrons. The van der Waals surface area contributed by atoms with Crippen molar-refractivity contribution in [3.63, 3.8) is 0 Å². The second kappa shape index (κ2) is 8.37. The molecule has 0 unspecified atom stereocenters. The molecule has 6 heteroatoms. The van der Waals surface area contributed by atoms with Crippen LogP contribution in [0.5, 0.6) is 11.5 Å². The average molecular weight is 402 g/mol. The molecule has 1 aromatic heterocycles. The van der Waals surface area contributed by atoms with Crippen LogP contribution >= 0.6 is 0 Å². The summed E-state index contributed by atoms with van der Waals surface area (Å²) in [4.78, 5) is 4.66. The number of anilines is 2. The van der Waals surface area contributed by atoms with Crippen LogP contribution in [0.4, 0.5) is 11.6 Å². The van der Waals surface area contributed by atoms with E-state index in [0.29, 0.717) is 17.2 Å². The number of benzene rings is 3. The third-order valence-corrected chi connectivity index (χ3v) is 4.96. The molecule has 0 saturated heterocycles. The van der Waals surface area contributed by atoms with Crippen LogP contribution in [0.15, 0.2) is 54.6 Å². The molecule has 3 aromatic carbocycles. The number of ether oxygens (including phenoxy) is 1. The lowest BCUT2D eigenvalue weighted by atomic mass is 10.0. The highest BCUT2D eigenvalue weighted by molar-refractivity contribution is 5.85. The summed E-state index contributed by atoms with van der Waals surface area (Å²) in [6.07, 6.45) is 2.20. The van der Waals surface area contributed by atoms with Gasteiger partial charge in [-0.15, -0.1) is 10.2 Å². The van der Waals surface area contributed by atoms with Crippen LogP contribution in [0, 0.1) is 6.92 Å². The number of aromatic hydroxyl groups is 1. The van der Waals surface area contributed by atoms with E-state index in [4.69, 9.17) is 4.74 Å². The van der Waals surface area contributed by atoms with Crippen LogP contribution in [0.2, 0.25) is 0 Å². The van der Waals surface area contributed by atoms with Gasteiger partial charge in [-0.25, -0.2) is 4.98 Å². The molecular formula is C24H26N4O2. The van der Waals surface area contributed by atoms with Crippen molar-refractivity contribution in [2.45, 2.75) is 26.7 Å². The zero-order chi connectivity index (χ0) is 21.1. The smallest absolute Gasteiger partial charge is 0.247 e. The lowest BCUT2D eigenvalue weighted by molar-refractivity contribution is 0.408. The number of rotatable bonds is 6. The van der Waals surface area contributed by atoms with Crippen molar-refractivity contribution in [1.29, 1.82) is 0 Å². The topological polar surface area (TPSA) is 80.2 Å². The van der Waals surface area contributed by atoms with Crippen molar-refractivity contribution in [1.82, 2.24) is 15.2 Å². The van der Waals surface area contributed by atoms with Gasteiger partial charge in [0, 0.05) is 13.2 Å². The molecule has 0 amide bonds. The fraction of sp³-hybridized carbons (Fsp3) is 0.208. The highest BCUT2D eigenvalue weighted by Gasteiger charge is 2.10. The Labute approximate surface area is 177 Å². The van der Waals surface area contributed by atoms with Crippen molar-refractivity contribution >= 4 is 22.7 Å². The summed E-state index contributed by atoms with van der Waals surface area (Å²) in [5.74, 6) is 1.20. The Morgan fingerprint density at radius 2 is 1.77 bits per heavy atom. The SMILES string of the molecule is CCCc1ccc(Nc2nnc3cc(-c4cc(O)cc(OC)c4)cc(C)c3n2)cc1.[HH]. The Balaban J connectivity index is 0.00000272. The monoisotopic (exact) mass is 402 g/mol. The molecule has 30 heavy (non-hydrogen) atoms. The van der Waals surface area contributed by atoms with Gasteiger partial charge in [-0.05, 0) is 72.0 Å². The van der Waals surface area contributed by atoms with E-state index >= 15 is 0 Å². The number of nitrogens with one attached hydrogen (secondary N) is 1. The Kier molecular flexibility index (Phi) is 5.48. The quantitative estimate of drug-likeness (QED) is 0.433. The van der Waals surface area contributed by atoms with Crippen molar-refractivity contribution in [2.75, 3.05) is 12.4 Å². The highest BCUT2D eigenvalue weighted by atomic mass is 16.5. The molecule has 0 radical (unpaired) electrons. The van der Waals surface area contributed by atoms with E-state index in [1.165, 1.54) is 5.56 Å². The third-order valence-electron chi connectivity index (χ3n) is 4.96. The summed E-state index contributed by atoms with van der Waals surface area (Å²) in [7, 11) is 1.57. The summed E-state index contributed by atoms with van der Waals surface area (Å²) < 4.78 is 5.26. The van der Waals surface area contributed by atoms with E-state index in [-0.39, 0.29) is 7.18 Å². The minimum atomic E-state index is 0. The number of fused-ring (bicyclic) bond motifs is 1. The fourth-order valence-corrected chi connectivity index (χ4v) is 3.47. The van der Waals surface area contributed by atoms with Crippen molar-refractivity contribution < 1.29 is 11.3 Å².